The van der Waals surface area contributed by atoms with E-state index >= 15 is 0 Å². The van der Waals surface area contributed by atoms with Crippen LogP contribution in [0.5, 0.6) is 0 Å². The lowest BCUT2D eigenvalue weighted by Crippen LogP contribution is -2.26. The predicted octanol–water partition coefficient (Wildman–Crippen LogP) is 3.10. The van der Waals surface area contributed by atoms with Crippen LogP contribution in [0.3, 0.4) is 0 Å². The van der Waals surface area contributed by atoms with Gasteiger partial charge in [0.1, 0.15) is 0 Å². The average Bonchev–Trinajstić information content (AvgIpc) is 2.50. The molecule has 142 valence electrons. The van der Waals surface area contributed by atoms with Crippen LogP contribution in [0.2, 0.25) is 0 Å². The fourth-order valence-electron chi connectivity index (χ4n) is 1.48. The van der Waals surface area contributed by atoms with Crippen LogP contribution in [0.25, 0.3) is 0 Å². The van der Waals surface area contributed by atoms with Crippen molar-refractivity contribution in [2.45, 2.75) is 58.0 Å². The minimum Gasteiger partial charge on any atom is -0.475 e. The molecule has 0 aliphatic heterocycles. The molecule has 4 N–H and O–H groups in total. The number of nitrogens with zero attached hydrogens (tertiary/aromatic N) is 1. The molecule has 0 aromatic carbocycles. The van der Waals surface area contributed by atoms with Crippen LogP contribution >= 0.6 is 0 Å². The quantitative estimate of drug-likeness (QED) is 0.241. The number of carboxylic acids is 1. The summed E-state index contributed by atoms with van der Waals surface area (Å²) in [6.07, 6.45) is 5.25. The number of alkyl halides is 3. The molecule has 0 aromatic rings. The second-order valence-corrected chi connectivity index (χ2v) is 5.01. The molecule has 24 heavy (non-hydrogen) atoms. The van der Waals surface area contributed by atoms with E-state index in [4.69, 9.17) is 15.6 Å². The van der Waals surface area contributed by atoms with E-state index in [2.05, 4.69) is 6.92 Å². The summed E-state index contributed by atoms with van der Waals surface area (Å²) in [6.45, 7) is 3.19. The maximum Gasteiger partial charge on any atom is 0.490 e. The van der Waals surface area contributed by atoms with E-state index in [1.54, 1.807) is 0 Å². The molecule has 0 aliphatic carbocycles. The summed E-state index contributed by atoms with van der Waals surface area (Å²) < 4.78 is 31.7. The maximum absolute atomic E-state index is 11.4. The smallest absolute Gasteiger partial charge is 0.475 e. The van der Waals surface area contributed by atoms with Crippen molar-refractivity contribution in [3.05, 3.63) is 12.2 Å². The van der Waals surface area contributed by atoms with E-state index in [0.29, 0.717) is 13.1 Å². The van der Waals surface area contributed by atoms with Crippen LogP contribution in [0.4, 0.5) is 13.2 Å². The van der Waals surface area contributed by atoms with Gasteiger partial charge in [0.2, 0.25) is 0 Å². The van der Waals surface area contributed by atoms with Gasteiger partial charge in [0, 0.05) is 12.6 Å². The van der Waals surface area contributed by atoms with Crippen LogP contribution in [0, 0.1) is 0 Å². The Morgan fingerprint density at radius 3 is 2.17 bits per heavy atom. The molecule has 0 atom stereocenters. The number of unbranched alkanes of at least 4 members (excludes halogenated alkanes) is 5. The number of carbonyl (C=O) groups is 2. The highest BCUT2D eigenvalue weighted by Crippen LogP contribution is 2.13. The molecule has 1 amide bonds. The van der Waals surface area contributed by atoms with Gasteiger partial charge in [-0.25, -0.2) is 9.86 Å². The molecule has 0 bridgehead atoms. The zero-order chi connectivity index (χ0) is 19.0. The monoisotopic (exact) mass is 356 g/mol. The Hall–Kier alpha value is -1.61. The van der Waals surface area contributed by atoms with Crippen molar-refractivity contribution in [2.24, 2.45) is 5.73 Å². The van der Waals surface area contributed by atoms with E-state index in [1.165, 1.54) is 18.9 Å². The van der Waals surface area contributed by atoms with Crippen molar-refractivity contribution in [3.63, 3.8) is 0 Å². The largest absolute Gasteiger partial charge is 0.490 e. The normalized spacial score (nSPS) is 11.1. The number of allylic oxidation sites excluding steroid dienone is 1. The molecule has 6 nitrogen and oxygen atoms in total. The summed E-state index contributed by atoms with van der Waals surface area (Å²) in [5.41, 5.74) is 5.36. The first kappa shape index (κ1) is 24.6. The van der Waals surface area contributed by atoms with Crippen molar-refractivity contribution < 1.29 is 33.1 Å². The highest BCUT2D eigenvalue weighted by atomic mass is 19.4. The summed E-state index contributed by atoms with van der Waals surface area (Å²) in [5.74, 6) is -3.08. The molecule has 0 rings (SSSR count). The number of hydrogen-bond acceptors (Lipinski definition) is 4. The SMILES string of the molecule is CCCCC/C=C/C(=O)N(O)CCCCCN.O=C(O)C(F)(F)F. The van der Waals surface area contributed by atoms with E-state index in [-0.39, 0.29) is 5.91 Å². The highest BCUT2D eigenvalue weighted by molar-refractivity contribution is 5.86. The molecular weight excluding hydrogens is 329 g/mol. The van der Waals surface area contributed by atoms with E-state index < -0.39 is 12.1 Å². The van der Waals surface area contributed by atoms with Crippen molar-refractivity contribution in [3.8, 4) is 0 Å². The Balaban J connectivity index is 0. The molecule has 0 radical (unpaired) electrons. The lowest BCUT2D eigenvalue weighted by atomic mass is 10.2. The van der Waals surface area contributed by atoms with Crippen molar-refractivity contribution in [1.82, 2.24) is 5.06 Å². The third-order valence-electron chi connectivity index (χ3n) is 2.81. The summed E-state index contributed by atoms with van der Waals surface area (Å²) >= 11 is 0. The summed E-state index contributed by atoms with van der Waals surface area (Å²) in [5, 5.41) is 17.3. The molecule has 0 unspecified atom stereocenters. The second-order valence-electron chi connectivity index (χ2n) is 5.01. The maximum atomic E-state index is 11.4. The fourth-order valence-corrected chi connectivity index (χ4v) is 1.48. The molecule has 0 spiro atoms. The molecule has 0 aromatic heterocycles. The van der Waals surface area contributed by atoms with Crippen molar-refractivity contribution in [2.75, 3.05) is 13.1 Å². The Labute approximate surface area is 140 Å². The predicted molar refractivity (Wildman–Crippen MR) is 83.4 cm³/mol. The number of hydrogen-bond donors (Lipinski definition) is 3. The number of halogens is 3. The standard InChI is InChI=1S/C13H26N2O2.C2HF3O2/c1-2-3-4-5-7-10-13(16)15(17)12-9-6-8-11-14;3-2(4,5)1(6)7/h7,10,17H,2-6,8-9,11-12,14H2,1H3;(H,6,7)/b10-7+;. The number of aliphatic carboxylic acids is 1. The van der Waals surface area contributed by atoms with Gasteiger partial charge in [0.05, 0.1) is 0 Å². The van der Waals surface area contributed by atoms with Gasteiger partial charge in [-0.3, -0.25) is 10.0 Å². The Morgan fingerprint density at radius 2 is 1.71 bits per heavy atom. The van der Waals surface area contributed by atoms with E-state index in [1.807, 2.05) is 6.08 Å². The zero-order valence-electron chi connectivity index (χ0n) is 13.9. The number of carboxylic acid groups (broad SMARTS) is 1. The van der Waals surface area contributed by atoms with Gasteiger partial charge in [-0.2, -0.15) is 13.2 Å². The Morgan fingerprint density at radius 1 is 1.12 bits per heavy atom. The molecule has 0 fully saturated rings. The van der Waals surface area contributed by atoms with Crippen LogP contribution < -0.4 is 5.73 Å². The van der Waals surface area contributed by atoms with Gasteiger partial charge in [0.15, 0.2) is 0 Å². The number of nitrogens with two attached hydrogens (primary N) is 1. The van der Waals surface area contributed by atoms with E-state index in [0.717, 1.165) is 37.2 Å². The van der Waals surface area contributed by atoms with Crippen molar-refractivity contribution >= 4 is 11.9 Å². The van der Waals surface area contributed by atoms with Gasteiger partial charge in [0.25, 0.3) is 5.91 Å². The number of amides is 1. The van der Waals surface area contributed by atoms with Gasteiger partial charge < -0.3 is 10.8 Å². The molecule has 0 saturated carbocycles. The number of carbonyl (C=O) groups excluding carboxylic acids is 1. The lowest BCUT2D eigenvalue weighted by molar-refractivity contribution is -0.192. The van der Waals surface area contributed by atoms with Crippen LogP contribution in [0.15, 0.2) is 12.2 Å². The first-order valence-electron chi connectivity index (χ1n) is 7.83. The molecule has 0 saturated heterocycles. The first-order chi connectivity index (χ1) is 11.2. The molecule has 0 aliphatic rings. The molecule has 9 heteroatoms. The first-order valence-corrected chi connectivity index (χ1v) is 7.83. The second kappa shape index (κ2) is 14.9. The van der Waals surface area contributed by atoms with Gasteiger partial charge >= 0.3 is 12.1 Å². The zero-order valence-corrected chi connectivity index (χ0v) is 13.9. The molecule has 0 heterocycles. The number of rotatable bonds is 10. The minimum absolute atomic E-state index is 0.325. The fraction of sp³-hybridized carbons (Fsp3) is 0.733. The topological polar surface area (TPSA) is 104 Å². The number of hydroxylamine groups is 2. The van der Waals surface area contributed by atoms with E-state index in [9.17, 15) is 23.2 Å². The Kier molecular flexibility index (Phi) is 15.3. The lowest BCUT2D eigenvalue weighted by Gasteiger charge is -2.12. The van der Waals surface area contributed by atoms with Gasteiger partial charge in [-0.05, 0) is 32.2 Å². The average molecular weight is 356 g/mol. The summed E-state index contributed by atoms with van der Waals surface area (Å²) in [6, 6.07) is 0. The van der Waals surface area contributed by atoms with Gasteiger partial charge in [-0.1, -0.05) is 32.3 Å². The Bertz CT molecular complexity index is 374. The van der Waals surface area contributed by atoms with Crippen LogP contribution in [-0.2, 0) is 9.59 Å². The minimum atomic E-state index is -5.08. The van der Waals surface area contributed by atoms with Crippen molar-refractivity contribution in [1.29, 1.82) is 0 Å². The highest BCUT2D eigenvalue weighted by Gasteiger charge is 2.38. The van der Waals surface area contributed by atoms with Crippen LogP contribution in [-0.4, -0.2) is 46.5 Å². The van der Waals surface area contributed by atoms with Gasteiger partial charge in [-0.15, -0.1) is 0 Å². The third kappa shape index (κ3) is 16.8. The molecular formula is C15H27F3N2O4. The third-order valence-corrected chi connectivity index (χ3v) is 2.81. The van der Waals surface area contributed by atoms with Crippen LogP contribution in [0.1, 0.15) is 51.9 Å². The summed E-state index contributed by atoms with van der Waals surface area (Å²) in [4.78, 5) is 20.3. The summed E-state index contributed by atoms with van der Waals surface area (Å²) in [7, 11) is 0.